The van der Waals surface area contributed by atoms with Crippen LogP contribution in [0.5, 0.6) is 0 Å². The highest BCUT2D eigenvalue weighted by Gasteiger charge is 2.33. The highest BCUT2D eigenvalue weighted by Crippen LogP contribution is 2.44. The maximum absolute atomic E-state index is 13.3. The van der Waals surface area contributed by atoms with Gasteiger partial charge >= 0.3 is 18.2 Å². The largest absolute Gasteiger partial charge is 0.478 e. The summed E-state index contributed by atoms with van der Waals surface area (Å²) >= 11 is 0. The standard InChI is InChI=1S/C22H22F3NO4/c1-21(2,3)30-20(29)26-18-7-6-13(11-17(18)19(27)28)15-8-14(12-4-5-12)9-16(10-15)22(23,24)25/h6-12H,4-5H2,1-3H3,(H,26,29)(H,27,28). The molecule has 0 heterocycles. The van der Waals surface area contributed by atoms with Gasteiger partial charge in [0.2, 0.25) is 0 Å². The quantitative estimate of drug-likeness (QED) is 0.608. The van der Waals surface area contributed by atoms with Crippen LogP contribution in [0.15, 0.2) is 36.4 Å². The number of nitrogens with one attached hydrogen (secondary N) is 1. The molecule has 0 unspecified atom stereocenters. The normalized spacial score (nSPS) is 14.3. The Morgan fingerprint density at radius 1 is 1.03 bits per heavy atom. The summed E-state index contributed by atoms with van der Waals surface area (Å²) < 4.78 is 45.2. The number of halogens is 3. The van der Waals surface area contributed by atoms with Gasteiger partial charge < -0.3 is 9.84 Å². The summed E-state index contributed by atoms with van der Waals surface area (Å²) in [7, 11) is 0. The summed E-state index contributed by atoms with van der Waals surface area (Å²) in [5.41, 5.74) is -0.612. The number of carbonyl (C=O) groups excluding carboxylic acids is 1. The van der Waals surface area contributed by atoms with E-state index in [-0.39, 0.29) is 22.7 Å². The molecule has 30 heavy (non-hydrogen) atoms. The van der Waals surface area contributed by atoms with Crippen LogP contribution < -0.4 is 5.32 Å². The molecule has 1 fully saturated rings. The zero-order chi connectivity index (χ0) is 22.3. The highest BCUT2D eigenvalue weighted by molar-refractivity contribution is 6.00. The van der Waals surface area contributed by atoms with E-state index in [1.54, 1.807) is 26.8 Å². The highest BCUT2D eigenvalue weighted by atomic mass is 19.4. The molecule has 0 spiro atoms. The van der Waals surface area contributed by atoms with Gasteiger partial charge in [0.1, 0.15) is 5.60 Å². The Morgan fingerprint density at radius 3 is 2.23 bits per heavy atom. The minimum absolute atomic E-state index is 0.00473. The van der Waals surface area contributed by atoms with Gasteiger partial charge in [0.05, 0.1) is 16.8 Å². The lowest BCUT2D eigenvalue weighted by molar-refractivity contribution is -0.137. The van der Waals surface area contributed by atoms with Gasteiger partial charge in [-0.3, -0.25) is 5.32 Å². The fraction of sp³-hybridized carbons (Fsp3) is 0.364. The van der Waals surface area contributed by atoms with Crippen molar-refractivity contribution in [2.75, 3.05) is 5.32 Å². The third-order valence-corrected chi connectivity index (χ3v) is 4.55. The Balaban J connectivity index is 1.99. The summed E-state index contributed by atoms with van der Waals surface area (Å²) in [5.74, 6) is -1.23. The van der Waals surface area contributed by atoms with Crippen LogP contribution in [0.1, 0.15) is 61.0 Å². The number of aromatic carboxylic acids is 1. The Bertz CT molecular complexity index is 989. The van der Waals surface area contributed by atoms with Gasteiger partial charge in [-0.15, -0.1) is 0 Å². The van der Waals surface area contributed by atoms with Crippen molar-refractivity contribution < 1.29 is 32.6 Å². The van der Waals surface area contributed by atoms with Crippen LogP contribution in [0.25, 0.3) is 11.1 Å². The molecule has 0 radical (unpaired) electrons. The first-order chi connectivity index (χ1) is 13.8. The van der Waals surface area contributed by atoms with E-state index < -0.39 is 29.4 Å². The number of rotatable bonds is 4. The molecule has 2 aromatic carbocycles. The molecule has 0 aromatic heterocycles. The van der Waals surface area contributed by atoms with Crippen molar-refractivity contribution in [2.45, 2.75) is 51.3 Å². The first kappa shape index (κ1) is 21.7. The Labute approximate surface area is 171 Å². The van der Waals surface area contributed by atoms with Crippen molar-refractivity contribution in [2.24, 2.45) is 0 Å². The van der Waals surface area contributed by atoms with E-state index in [4.69, 9.17) is 4.74 Å². The Hall–Kier alpha value is -3.03. The first-order valence-electron chi connectivity index (χ1n) is 9.43. The Kier molecular flexibility index (Phi) is 5.54. The summed E-state index contributed by atoms with van der Waals surface area (Å²) in [6, 6.07) is 7.90. The molecule has 1 aliphatic rings. The van der Waals surface area contributed by atoms with Gasteiger partial charge in [0.15, 0.2) is 0 Å². The lowest BCUT2D eigenvalue weighted by Gasteiger charge is -2.20. The van der Waals surface area contributed by atoms with Crippen LogP contribution in [0.2, 0.25) is 0 Å². The second-order valence-corrected chi connectivity index (χ2v) is 8.31. The lowest BCUT2D eigenvalue weighted by atomic mass is 9.96. The fourth-order valence-corrected chi connectivity index (χ4v) is 3.06. The van der Waals surface area contributed by atoms with E-state index in [9.17, 15) is 27.9 Å². The van der Waals surface area contributed by atoms with Crippen molar-refractivity contribution in [3.8, 4) is 11.1 Å². The Morgan fingerprint density at radius 2 is 1.70 bits per heavy atom. The number of hydrogen-bond donors (Lipinski definition) is 2. The first-order valence-corrected chi connectivity index (χ1v) is 9.43. The van der Waals surface area contributed by atoms with Crippen molar-refractivity contribution >= 4 is 17.7 Å². The number of alkyl halides is 3. The summed E-state index contributed by atoms with van der Waals surface area (Å²) in [6.07, 6.45) is -3.67. The number of ether oxygens (including phenoxy) is 1. The van der Waals surface area contributed by atoms with Crippen molar-refractivity contribution in [1.29, 1.82) is 0 Å². The molecule has 5 nitrogen and oxygen atoms in total. The van der Waals surface area contributed by atoms with Gasteiger partial charge in [-0.2, -0.15) is 13.2 Å². The zero-order valence-corrected chi connectivity index (χ0v) is 16.8. The molecule has 0 saturated heterocycles. The molecule has 1 aliphatic carbocycles. The van der Waals surface area contributed by atoms with Crippen LogP contribution in [-0.4, -0.2) is 22.8 Å². The lowest BCUT2D eigenvalue weighted by Crippen LogP contribution is -2.27. The number of carboxylic acid groups (broad SMARTS) is 1. The molecule has 1 saturated carbocycles. The molecule has 1 amide bonds. The second-order valence-electron chi connectivity index (χ2n) is 8.31. The number of hydrogen-bond acceptors (Lipinski definition) is 3. The maximum Gasteiger partial charge on any atom is 0.416 e. The minimum Gasteiger partial charge on any atom is -0.478 e. The van der Waals surface area contributed by atoms with Gasteiger partial charge in [0, 0.05) is 0 Å². The summed E-state index contributed by atoms with van der Waals surface area (Å²) in [6.45, 7) is 5.00. The van der Waals surface area contributed by atoms with E-state index in [1.807, 2.05) is 0 Å². The third-order valence-electron chi connectivity index (χ3n) is 4.55. The van der Waals surface area contributed by atoms with Gasteiger partial charge in [-0.05, 0) is 80.5 Å². The van der Waals surface area contributed by atoms with Crippen LogP contribution in [0.3, 0.4) is 0 Å². The molecule has 0 bridgehead atoms. The SMILES string of the molecule is CC(C)(C)OC(=O)Nc1ccc(-c2cc(C3CC3)cc(C(F)(F)F)c2)cc1C(=O)O. The monoisotopic (exact) mass is 421 g/mol. The fourth-order valence-electron chi connectivity index (χ4n) is 3.06. The smallest absolute Gasteiger partial charge is 0.416 e. The third kappa shape index (κ3) is 5.31. The average molecular weight is 421 g/mol. The van der Waals surface area contributed by atoms with Crippen LogP contribution in [0.4, 0.5) is 23.7 Å². The summed E-state index contributed by atoms with van der Waals surface area (Å²) in [4.78, 5) is 23.7. The van der Waals surface area contributed by atoms with Gasteiger partial charge in [-0.25, -0.2) is 9.59 Å². The van der Waals surface area contributed by atoms with Crippen molar-refractivity contribution in [1.82, 2.24) is 0 Å². The van der Waals surface area contributed by atoms with Crippen molar-refractivity contribution in [3.63, 3.8) is 0 Å². The van der Waals surface area contributed by atoms with Gasteiger partial charge in [-0.1, -0.05) is 12.1 Å². The number of benzene rings is 2. The van der Waals surface area contributed by atoms with Crippen LogP contribution >= 0.6 is 0 Å². The molecule has 2 aromatic rings. The predicted molar refractivity (Wildman–Crippen MR) is 106 cm³/mol. The van der Waals surface area contributed by atoms with Crippen molar-refractivity contribution in [3.05, 3.63) is 53.1 Å². The number of carboxylic acids is 1. The summed E-state index contributed by atoms with van der Waals surface area (Å²) in [5, 5.41) is 11.9. The zero-order valence-electron chi connectivity index (χ0n) is 16.8. The van der Waals surface area contributed by atoms with Crippen LogP contribution in [-0.2, 0) is 10.9 Å². The molecular formula is C22H22F3NO4. The predicted octanol–water partition coefficient (Wildman–Crippen LogP) is 6.30. The molecular weight excluding hydrogens is 399 g/mol. The van der Waals surface area contributed by atoms with Crippen LogP contribution in [0, 0.1) is 0 Å². The molecule has 0 atom stereocenters. The second kappa shape index (κ2) is 7.66. The molecule has 0 aliphatic heterocycles. The van der Waals surface area contributed by atoms with Gasteiger partial charge in [0.25, 0.3) is 0 Å². The van der Waals surface area contributed by atoms with E-state index in [0.29, 0.717) is 11.1 Å². The number of carbonyl (C=O) groups is 2. The molecule has 3 rings (SSSR count). The minimum atomic E-state index is -4.51. The topological polar surface area (TPSA) is 75.6 Å². The molecule has 8 heteroatoms. The van der Waals surface area contributed by atoms with E-state index >= 15 is 0 Å². The number of amides is 1. The van der Waals surface area contributed by atoms with E-state index in [2.05, 4.69) is 5.32 Å². The number of anilines is 1. The molecule has 2 N–H and O–H groups in total. The van der Waals surface area contributed by atoms with E-state index in [0.717, 1.165) is 25.0 Å². The maximum atomic E-state index is 13.3. The average Bonchev–Trinajstić information content (AvgIpc) is 3.44. The van der Waals surface area contributed by atoms with E-state index in [1.165, 1.54) is 18.2 Å². The molecule has 160 valence electrons.